The van der Waals surface area contributed by atoms with Gasteiger partial charge in [0.25, 0.3) is 0 Å². The molecule has 2 nitrogen and oxygen atoms in total. The Hall–Kier alpha value is -0.680. The van der Waals surface area contributed by atoms with E-state index in [0.29, 0.717) is 0 Å². The first-order chi connectivity index (χ1) is 7.02. The van der Waals surface area contributed by atoms with Crippen LogP contribution in [0.2, 0.25) is 0 Å². The van der Waals surface area contributed by atoms with Gasteiger partial charge in [-0.25, -0.2) is 8.78 Å². The minimum Gasteiger partial charge on any atom is -0.506 e. The molecule has 1 atom stereocenters. The van der Waals surface area contributed by atoms with Crippen LogP contribution >= 0.6 is 15.9 Å². The molecule has 82 valence electrons. The SMILES string of the molecule is N[C@@H](c1c(O)c(Br)cc(F)c1F)C1CC1. The average molecular weight is 278 g/mol. The van der Waals surface area contributed by atoms with Crippen LogP contribution in [0.15, 0.2) is 10.5 Å². The number of halogens is 3. The van der Waals surface area contributed by atoms with Crippen LogP contribution in [0.3, 0.4) is 0 Å². The number of nitrogens with two attached hydrogens (primary N) is 1. The van der Waals surface area contributed by atoms with Crippen molar-refractivity contribution in [3.63, 3.8) is 0 Å². The highest BCUT2D eigenvalue weighted by Gasteiger charge is 2.34. The van der Waals surface area contributed by atoms with E-state index >= 15 is 0 Å². The molecule has 1 aromatic carbocycles. The molecule has 0 bridgehead atoms. The Bertz CT molecular complexity index is 381. The fourth-order valence-corrected chi connectivity index (χ4v) is 2.01. The highest BCUT2D eigenvalue weighted by molar-refractivity contribution is 9.10. The number of rotatable bonds is 2. The summed E-state index contributed by atoms with van der Waals surface area (Å²) in [4.78, 5) is 0. The summed E-state index contributed by atoms with van der Waals surface area (Å²) >= 11 is 2.96. The molecule has 1 aliphatic carbocycles. The van der Waals surface area contributed by atoms with Crippen LogP contribution < -0.4 is 5.73 Å². The second kappa shape index (κ2) is 3.72. The Balaban J connectivity index is 2.52. The summed E-state index contributed by atoms with van der Waals surface area (Å²) in [6, 6.07) is 0.269. The van der Waals surface area contributed by atoms with Crippen LogP contribution in [-0.2, 0) is 0 Å². The molecule has 1 fully saturated rings. The summed E-state index contributed by atoms with van der Waals surface area (Å²) in [6.07, 6.45) is 1.79. The predicted octanol–water partition coefficient (Wildman–Crippen LogP) is 2.84. The second-order valence-corrected chi connectivity index (χ2v) is 4.63. The second-order valence-electron chi connectivity index (χ2n) is 3.78. The summed E-state index contributed by atoms with van der Waals surface area (Å²) in [7, 11) is 0. The molecule has 3 N–H and O–H groups in total. The zero-order valence-corrected chi connectivity index (χ0v) is 9.39. The fourth-order valence-electron chi connectivity index (χ4n) is 1.60. The van der Waals surface area contributed by atoms with Crippen molar-refractivity contribution in [3.05, 3.63) is 27.7 Å². The number of hydrogen-bond acceptors (Lipinski definition) is 2. The lowest BCUT2D eigenvalue weighted by Gasteiger charge is -2.15. The van der Waals surface area contributed by atoms with Crippen molar-refractivity contribution in [2.24, 2.45) is 11.7 Å². The zero-order valence-electron chi connectivity index (χ0n) is 7.80. The van der Waals surface area contributed by atoms with Gasteiger partial charge in [0, 0.05) is 6.04 Å². The summed E-state index contributed by atoms with van der Waals surface area (Å²) in [5, 5.41) is 9.62. The van der Waals surface area contributed by atoms with E-state index in [1.165, 1.54) is 0 Å². The molecule has 0 heterocycles. The maximum Gasteiger partial charge on any atom is 0.167 e. The molecule has 0 spiro atoms. The van der Waals surface area contributed by atoms with Gasteiger partial charge in [-0.2, -0.15) is 0 Å². The number of hydrogen-bond donors (Lipinski definition) is 2. The molecular formula is C10H10BrF2NO. The molecule has 1 aliphatic rings. The molecule has 2 rings (SSSR count). The molecule has 0 aliphatic heterocycles. The number of phenols is 1. The van der Waals surface area contributed by atoms with Gasteiger partial charge in [-0.1, -0.05) is 0 Å². The van der Waals surface area contributed by atoms with Gasteiger partial charge >= 0.3 is 0 Å². The van der Waals surface area contributed by atoms with Crippen molar-refractivity contribution in [2.75, 3.05) is 0 Å². The van der Waals surface area contributed by atoms with E-state index in [2.05, 4.69) is 15.9 Å². The molecule has 0 saturated heterocycles. The Morgan fingerprint density at radius 2 is 2.07 bits per heavy atom. The maximum absolute atomic E-state index is 13.4. The monoisotopic (exact) mass is 277 g/mol. The van der Waals surface area contributed by atoms with E-state index in [1.807, 2.05) is 0 Å². The third-order valence-corrected chi connectivity index (χ3v) is 3.25. The zero-order chi connectivity index (χ0) is 11.2. The fraction of sp³-hybridized carbons (Fsp3) is 0.400. The first kappa shape index (κ1) is 10.8. The molecule has 15 heavy (non-hydrogen) atoms. The van der Waals surface area contributed by atoms with E-state index in [4.69, 9.17) is 5.73 Å². The van der Waals surface area contributed by atoms with Gasteiger partial charge in [0.05, 0.1) is 10.0 Å². The summed E-state index contributed by atoms with van der Waals surface area (Å²) in [5.41, 5.74) is 5.63. The quantitative estimate of drug-likeness (QED) is 0.817. The van der Waals surface area contributed by atoms with Crippen molar-refractivity contribution in [3.8, 4) is 5.75 Å². The number of phenolic OH excluding ortho intramolecular Hbond substituents is 1. The summed E-state index contributed by atoms with van der Waals surface area (Å²) < 4.78 is 26.7. The number of aromatic hydroxyl groups is 1. The van der Waals surface area contributed by atoms with Crippen LogP contribution in [0.25, 0.3) is 0 Å². The van der Waals surface area contributed by atoms with E-state index < -0.39 is 17.7 Å². The Kier molecular flexibility index (Phi) is 2.68. The van der Waals surface area contributed by atoms with E-state index in [9.17, 15) is 13.9 Å². The minimum absolute atomic E-state index is 0.121. The smallest absolute Gasteiger partial charge is 0.167 e. The van der Waals surface area contributed by atoms with Crippen molar-refractivity contribution in [1.82, 2.24) is 0 Å². The predicted molar refractivity (Wildman–Crippen MR) is 55.4 cm³/mol. The Morgan fingerprint density at radius 1 is 1.47 bits per heavy atom. The van der Waals surface area contributed by atoms with Gasteiger partial charge in [-0.15, -0.1) is 0 Å². The molecule has 1 saturated carbocycles. The molecule has 1 aromatic rings. The standard InChI is InChI=1S/C10H10BrF2NO/c11-5-3-6(12)8(13)7(10(5)15)9(14)4-1-2-4/h3-4,9,15H,1-2,14H2/t9-/m1/s1. The van der Waals surface area contributed by atoms with Crippen LogP contribution in [0.4, 0.5) is 8.78 Å². The number of benzene rings is 1. The van der Waals surface area contributed by atoms with Crippen molar-refractivity contribution >= 4 is 15.9 Å². The van der Waals surface area contributed by atoms with E-state index in [-0.39, 0.29) is 21.7 Å². The van der Waals surface area contributed by atoms with Crippen molar-refractivity contribution < 1.29 is 13.9 Å². The van der Waals surface area contributed by atoms with Crippen molar-refractivity contribution in [2.45, 2.75) is 18.9 Å². The van der Waals surface area contributed by atoms with E-state index in [0.717, 1.165) is 18.9 Å². The lowest BCUT2D eigenvalue weighted by Crippen LogP contribution is -2.15. The third-order valence-electron chi connectivity index (χ3n) is 2.64. The summed E-state index contributed by atoms with van der Waals surface area (Å²) in [6.45, 7) is 0. The normalized spacial score (nSPS) is 17.9. The largest absolute Gasteiger partial charge is 0.506 e. The van der Waals surface area contributed by atoms with Gasteiger partial charge in [-0.3, -0.25) is 0 Å². The first-order valence-electron chi connectivity index (χ1n) is 4.64. The average Bonchev–Trinajstić information content (AvgIpc) is 2.98. The van der Waals surface area contributed by atoms with Crippen LogP contribution in [0.1, 0.15) is 24.4 Å². The Morgan fingerprint density at radius 3 is 2.60 bits per heavy atom. The van der Waals surface area contributed by atoms with Gasteiger partial charge in [0.1, 0.15) is 5.75 Å². The Labute approximate surface area is 94.2 Å². The van der Waals surface area contributed by atoms with Crippen LogP contribution in [-0.4, -0.2) is 5.11 Å². The molecule has 0 aromatic heterocycles. The lowest BCUT2D eigenvalue weighted by molar-refractivity contribution is 0.420. The summed E-state index contributed by atoms with van der Waals surface area (Å²) in [5.74, 6) is -2.19. The molecule has 5 heteroatoms. The van der Waals surface area contributed by atoms with Crippen LogP contribution in [0, 0.1) is 17.6 Å². The topological polar surface area (TPSA) is 46.2 Å². The van der Waals surface area contributed by atoms with Gasteiger partial charge in [-0.05, 0) is 40.8 Å². The lowest BCUT2D eigenvalue weighted by atomic mass is 10.0. The van der Waals surface area contributed by atoms with Gasteiger partial charge < -0.3 is 10.8 Å². The van der Waals surface area contributed by atoms with Gasteiger partial charge in [0.2, 0.25) is 0 Å². The molecular weight excluding hydrogens is 268 g/mol. The van der Waals surface area contributed by atoms with Crippen molar-refractivity contribution in [1.29, 1.82) is 0 Å². The van der Waals surface area contributed by atoms with Gasteiger partial charge in [0.15, 0.2) is 11.6 Å². The molecule has 0 unspecified atom stereocenters. The minimum atomic E-state index is -1.05. The maximum atomic E-state index is 13.4. The molecule has 0 radical (unpaired) electrons. The highest BCUT2D eigenvalue weighted by Crippen LogP contribution is 2.45. The third kappa shape index (κ3) is 1.86. The highest BCUT2D eigenvalue weighted by atomic mass is 79.9. The first-order valence-corrected chi connectivity index (χ1v) is 5.43. The van der Waals surface area contributed by atoms with Crippen LogP contribution in [0.5, 0.6) is 5.75 Å². The molecule has 0 amide bonds. The van der Waals surface area contributed by atoms with E-state index in [1.54, 1.807) is 0 Å².